The van der Waals surface area contributed by atoms with Gasteiger partial charge in [0, 0.05) is 25.3 Å². The van der Waals surface area contributed by atoms with E-state index in [9.17, 15) is 13.2 Å². The molecule has 0 atom stereocenters. The molecular weight excluding hydrogens is 330 g/mol. The van der Waals surface area contributed by atoms with Gasteiger partial charge in [-0.15, -0.1) is 0 Å². The van der Waals surface area contributed by atoms with Gasteiger partial charge in [-0.05, 0) is 44.9 Å². The lowest BCUT2D eigenvalue weighted by Crippen LogP contribution is -2.38. The van der Waals surface area contributed by atoms with E-state index in [1.54, 1.807) is 23.1 Å². The van der Waals surface area contributed by atoms with Crippen molar-refractivity contribution in [2.24, 2.45) is 0 Å². The highest BCUT2D eigenvalue weighted by molar-refractivity contribution is 7.92. The van der Waals surface area contributed by atoms with Gasteiger partial charge < -0.3 is 15.0 Å². The molecule has 1 aromatic rings. The molecular formula is C16H25N3O4S. The second-order valence-corrected chi connectivity index (χ2v) is 7.60. The molecule has 0 saturated carbocycles. The lowest BCUT2D eigenvalue weighted by molar-refractivity contribution is 0.217. The largest absolute Gasteiger partial charge is 0.495 e. The molecule has 0 radical (unpaired) electrons. The van der Waals surface area contributed by atoms with Crippen LogP contribution in [0.1, 0.15) is 26.7 Å². The average molecular weight is 355 g/mol. The van der Waals surface area contributed by atoms with Crippen LogP contribution in [0.2, 0.25) is 0 Å². The van der Waals surface area contributed by atoms with Crippen molar-refractivity contribution in [3.8, 4) is 5.75 Å². The van der Waals surface area contributed by atoms with E-state index in [-0.39, 0.29) is 11.8 Å². The molecule has 1 saturated heterocycles. The highest BCUT2D eigenvalue weighted by atomic mass is 32.2. The minimum Gasteiger partial charge on any atom is -0.495 e. The fraction of sp³-hybridized carbons (Fsp3) is 0.562. The highest BCUT2D eigenvalue weighted by Gasteiger charge is 2.28. The summed E-state index contributed by atoms with van der Waals surface area (Å²) in [5.74, 6) is 0.605. The summed E-state index contributed by atoms with van der Waals surface area (Å²) in [5.41, 5.74) is 1.01. The lowest BCUT2D eigenvalue weighted by atomic mass is 10.2. The van der Waals surface area contributed by atoms with E-state index in [0.29, 0.717) is 43.2 Å². The van der Waals surface area contributed by atoms with Gasteiger partial charge in [0.2, 0.25) is 10.0 Å². The number of carbonyl (C=O) groups excluding carboxylic acids is 1. The molecule has 0 bridgehead atoms. The first-order valence-electron chi connectivity index (χ1n) is 8.17. The molecule has 0 aliphatic carbocycles. The Hall–Kier alpha value is -1.96. The number of ether oxygens (including phenoxy) is 1. The zero-order chi connectivity index (χ0) is 17.7. The minimum absolute atomic E-state index is 0.131. The van der Waals surface area contributed by atoms with Gasteiger partial charge in [-0.3, -0.25) is 4.31 Å². The molecule has 1 aromatic carbocycles. The van der Waals surface area contributed by atoms with Crippen molar-refractivity contribution in [2.75, 3.05) is 42.1 Å². The van der Waals surface area contributed by atoms with Crippen molar-refractivity contribution in [2.45, 2.75) is 26.7 Å². The number of methoxy groups -OCH3 is 1. The molecule has 1 aliphatic rings. The van der Waals surface area contributed by atoms with Crippen molar-refractivity contribution in [1.82, 2.24) is 4.90 Å². The summed E-state index contributed by atoms with van der Waals surface area (Å²) < 4.78 is 31.4. The Morgan fingerprint density at radius 3 is 2.58 bits per heavy atom. The zero-order valence-electron chi connectivity index (χ0n) is 14.4. The van der Waals surface area contributed by atoms with Crippen LogP contribution in [0.4, 0.5) is 16.2 Å². The summed E-state index contributed by atoms with van der Waals surface area (Å²) in [7, 11) is -1.85. The maximum Gasteiger partial charge on any atom is 0.321 e. The highest BCUT2D eigenvalue weighted by Crippen LogP contribution is 2.35. The summed E-state index contributed by atoms with van der Waals surface area (Å²) in [6.45, 7) is 5.44. The van der Waals surface area contributed by atoms with Crippen molar-refractivity contribution in [1.29, 1.82) is 0 Å². The van der Waals surface area contributed by atoms with Crippen LogP contribution in [0.15, 0.2) is 18.2 Å². The number of rotatable bonds is 5. The van der Waals surface area contributed by atoms with Crippen LogP contribution in [0.25, 0.3) is 0 Å². The molecule has 2 amide bonds. The first-order chi connectivity index (χ1) is 11.4. The van der Waals surface area contributed by atoms with E-state index in [2.05, 4.69) is 5.32 Å². The topological polar surface area (TPSA) is 79.0 Å². The third-order valence-electron chi connectivity index (χ3n) is 4.10. The van der Waals surface area contributed by atoms with Crippen LogP contribution in [0.3, 0.4) is 0 Å². The number of nitrogens with one attached hydrogen (secondary N) is 1. The Labute approximate surface area is 143 Å². The molecule has 1 fully saturated rings. The smallest absolute Gasteiger partial charge is 0.321 e. The maximum atomic E-state index is 12.4. The SMILES string of the molecule is CCN(CC)C(=O)Nc1ccc(OC)c(N2CCCCS2(=O)=O)c1. The molecule has 0 aromatic heterocycles. The molecule has 8 heteroatoms. The van der Waals surface area contributed by atoms with Gasteiger partial charge in [0.05, 0.1) is 18.6 Å². The fourth-order valence-corrected chi connectivity index (χ4v) is 4.37. The maximum absolute atomic E-state index is 12.4. The van der Waals surface area contributed by atoms with Crippen LogP contribution in [0.5, 0.6) is 5.75 Å². The summed E-state index contributed by atoms with van der Waals surface area (Å²) in [6.07, 6.45) is 1.47. The monoisotopic (exact) mass is 355 g/mol. The third kappa shape index (κ3) is 3.92. The predicted molar refractivity (Wildman–Crippen MR) is 95.3 cm³/mol. The molecule has 0 spiro atoms. The second kappa shape index (κ2) is 7.74. The molecule has 1 aliphatic heterocycles. The lowest BCUT2D eigenvalue weighted by Gasteiger charge is -2.30. The normalized spacial score (nSPS) is 16.5. The predicted octanol–water partition coefficient (Wildman–Crippen LogP) is 2.50. The van der Waals surface area contributed by atoms with Gasteiger partial charge in [-0.25, -0.2) is 13.2 Å². The number of hydrogen-bond acceptors (Lipinski definition) is 4. The Morgan fingerprint density at radius 1 is 1.29 bits per heavy atom. The molecule has 134 valence electrons. The molecule has 7 nitrogen and oxygen atoms in total. The van der Waals surface area contributed by atoms with Crippen molar-refractivity contribution >= 4 is 27.4 Å². The van der Waals surface area contributed by atoms with Crippen molar-refractivity contribution in [3.63, 3.8) is 0 Å². The molecule has 1 N–H and O–H groups in total. The fourth-order valence-electron chi connectivity index (χ4n) is 2.74. The van der Waals surface area contributed by atoms with Gasteiger partial charge in [-0.1, -0.05) is 0 Å². The standard InChI is InChI=1S/C16H25N3O4S/c1-4-18(5-2)16(20)17-13-8-9-15(23-3)14(12-13)19-10-6-7-11-24(19,21)22/h8-9,12H,4-7,10-11H2,1-3H3,(H,17,20). The summed E-state index contributed by atoms with van der Waals surface area (Å²) in [5, 5.41) is 2.81. The number of nitrogens with zero attached hydrogens (tertiary/aromatic N) is 2. The number of benzene rings is 1. The Bertz CT molecular complexity index is 687. The molecule has 2 rings (SSSR count). The number of anilines is 2. The van der Waals surface area contributed by atoms with E-state index in [1.807, 2.05) is 13.8 Å². The van der Waals surface area contributed by atoms with E-state index in [0.717, 1.165) is 6.42 Å². The third-order valence-corrected chi connectivity index (χ3v) is 5.95. The van der Waals surface area contributed by atoms with E-state index >= 15 is 0 Å². The number of urea groups is 1. The Morgan fingerprint density at radius 2 is 2.00 bits per heavy atom. The summed E-state index contributed by atoms with van der Waals surface area (Å²) in [4.78, 5) is 13.9. The number of sulfonamides is 1. The zero-order valence-corrected chi connectivity index (χ0v) is 15.2. The van der Waals surface area contributed by atoms with Crippen LogP contribution in [-0.4, -0.2) is 51.8 Å². The first kappa shape index (κ1) is 18.4. The van der Waals surface area contributed by atoms with Crippen LogP contribution in [0, 0.1) is 0 Å². The second-order valence-electron chi connectivity index (χ2n) is 5.58. The summed E-state index contributed by atoms with van der Waals surface area (Å²) >= 11 is 0. The molecule has 0 unspecified atom stereocenters. The van der Waals surface area contributed by atoms with Crippen molar-refractivity contribution in [3.05, 3.63) is 18.2 Å². The minimum atomic E-state index is -3.35. The Kier molecular flexibility index (Phi) is 5.93. The van der Waals surface area contributed by atoms with E-state index in [4.69, 9.17) is 4.74 Å². The van der Waals surface area contributed by atoms with Gasteiger partial charge in [0.15, 0.2) is 0 Å². The van der Waals surface area contributed by atoms with Crippen LogP contribution >= 0.6 is 0 Å². The van der Waals surface area contributed by atoms with Crippen molar-refractivity contribution < 1.29 is 17.9 Å². The van der Waals surface area contributed by atoms with Gasteiger partial charge in [0.25, 0.3) is 0 Å². The number of hydrogen-bond donors (Lipinski definition) is 1. The summed E-state index contributed by atoms with van der Waals surface area (Å²) in [6, 6.07) is 4.83. The van der Waals surface area contributed by atoms with Gasteiger partial charge >= 0.3 is 6.03 Å². The van der Waals surface area contributed by atoms with Gasteiger partial charge in [-0.2, -0.15) is 0 Å². The average Bonchev–Trinajstić information content (AvgIpc) is 2.55. The van der Waals surface area contributed by atoms with Crippen LogP contribution in [-0.2, 0) is 10.0 Å². The Balaban J connectivity index is 2.32. The van der Waals surface area contributed by atoms with Gasteiger partial charge in [0.1, 0.15) is 5.75 Å². The molecule has 1 heterocycles. The first-order valence-corrected chi connectivity index (χ1v) is 9.78. The van der Waals surface area contributed by atoms with E-state index < -0.39 is 10.0 Å². The molecule has 24 heavy (non-hydrogen) atoms. The number of amides is 2. The van der Waals surface area contributed by atoms with Crippen LogP contribution < -0.4 is 14.4 Å². The van der Waals surface area contributed by atoms with E-state index in [1.165, 1.54) is 11.4 Å². The number of carbonyl (C=O) groups is 1. The quantitative estimate of drug-likeness (QED) is 0.880.